The monoisotopic (exact) mass is 445 g/mol. The van der Waals surface area contributed by atoms with Crippen LogP contribution >= 0.6 is 7.26 Å². The standard InChI is InChI=1S/C30H38OP/c1-7-29(3,4)28(31)24(2)30(5,6)23-32(25-17-11-8-12-18-25,26-19-13-9-14-20-26)27-21-15-10-16-22-27/h8-22,24H,7,23H2,1-6H3/q+1. The molecule has 32 heavy (non-hydrogen) atoms. The number of hydrogen-bond donors (Lipinski definition) is 0. The number of hydrogen-bond acceptors (Lipinski definition) is 1. The maximum absolute atomic E-state index is 13.6. The second kappa shape index (κ2) is 9.72. The zero-order valence-corrected chi connectivity index (χ0v) is 21.4. The fraction of sp³-hybridized carbons (Fsp3) is 0.367. The maximum Gasteiger partial charge on any atom is 0.141 e. The van der Waals surface area contributed by atoms with Gasteiger partial charge in [0.05, 0.1) is 6.16 Å². The van der Waals surface area contributed by atoms with Crippen LogP contribution < -0.4 is 15.9 Å². The maximum atomic E-state index is 13.6. The summed E-state index contributed by atoms with van der Waals surface area (Å²) in [5, 5.41) is 4.12. The van der Waals surface area contributed by atoms with E-state index in [0.717, 1.165) is 12.6 Å². The first-order valence-corrected chi connectivity index (χ1v) is 13.7. The van der Waals surface area contributed by atoms with Crippen LogP contribution in [0.3, 0.4) is 0 Å². The highest BCUT2D eigenvalue weighted by atomic mass is 31.2. The van der Waals surface area contributed by atoms with E-state index in [4.69, 9.17) is 0 Å². The van der Waals surface area contributed by atoms with E-state index in [1.165, 1.54) is 15.9 Å². The molecule has 0 N–H and O–H groups in total. The summed E-state index contributed by atoms with van der Waals surface area (Å²) in [5.74, 6) is 0.338. The van der Waals surface area contributed by atoms with Gasteiger partial charge >= 0.3 is 0 Å². The van der Waals surface area contributed by atoms with Gasteiger partial charge in [-0.15, -0.1) is 0 Å². The number of Topliss-reactive ketones (excluding diaryl/α,β-unsaturated/α-hetero) is 1. The molecule has 1 atom stereocenters. The Hall–Kier alpha value is -2.24. The summed E-state index contributed by atoms with van der Waals surface area (Å²) in [4.78, 5) is 13.6. The van der Waals surface area contributed by atoms with Crippen LogP contribution in [0.4, 0.5) is 0 Å². The normalized spacial score (nSPS) is 13.6. The van der Waals surface area contributed by atoms with Crippen molar-refractivity contribution in [1.29, 1.82) is 0 Å². The molecule has 1 nitrogen and oxygen atoms in total. The minimum absolute atomic E-state index is 0.0343. The quantitative estimate of drug-likeness (QED) is 0.337. The van der Waals surface area contributed by atoms with Crippen molar-refractivity contribution in [2.24, 2.45) is 16.7 Å². The van der Waals surface area contributed by atoms with E-state index in [2.05, 4.69) is 133 Å². The van der Waals surface area contributed by atoms with Crippen LogP contribution in [0.2, 0.25) is 0 Å². The fourth-order valence-corrected chi connectivity index (χ4v) is 9.61. The third-order valence-corrected chi connectivity index (χ3v) is 12.2. The topological polar surface area (TPSA) is 17.1 Å². The Balaban J connectivity index is 2.22. The van der Waals surface area contributed by atoms with E-state index in [0.29, 0.717) is 5.78 Å². The smallest absolute Gasteiger partial charge is 0.141 e. The van der Waals surface area contributed by atoms with Crippen molar-refractivity contribution in [3.63, 3.8) is 0 Å². The predicted molar refractivity (Wildman–Crippen MR) is 142 cm³/mol. The molecule has 2 heteroatoms. The number of ketones is 1. The van der Waals surface area contributed by atoms with E-state index in [1.807, 2.05) is 0 Å². The lowest BCUT2D eigenvalue weighted by Gasteiger charge is -2.40. The summed E-state index contributed by atoms with van der Waals surface area (Å²) < 4.78 is 0. The first-order chi connectivity index (χ1) is 15.1. The molecule has 0 aliphatic carbocycles. The van der Waals surface area contributed by atoms with Crippen LogP contribution in [0.5, 0.6) is 0 Å². The average Bonchev–Trinajstić information content (AvgIpc) is 2.83. The van der Waals surface area contributed by atoms with Gasteiger partial charge in [-0.25, -0.2) is 0 Å². The van der Waals surface area contributed by atoms with Crippen molar-refractivity contribution in [3.8, 4) is 0 Å². The predicted octanol–water partition coefficient (Wildman–Crippen LogP) is 6.65. The lowest BCUT2D eigenvalue weighted by Crippen LogP contribution is -2.44. The molecule has 3 aromatic carbocycles. The first-order valence-electron chi connectivity index (χ1n) is 11.7. The van der Waals surface area contributed by atoms with Crippen LogP contribution in [0, 0.1) is 16.7 Å². The van der Waals surface area contributed by atoms with E-state index in [1.54, 1.807) is 0 Å². The Labute approximate surface area is 195 Å². The molecule has 0 aliphatic rings. The Morgan fingerprint density at radius 3 is 1.38 bits per heavy atom. The van der Waals surface area contributed by atoms with Gasteiger partial charge in [-0.3, -0.25) is 4.79 Å². The Kier molecular flexibility index (Phi) is 7.41. The average molecular weight is 446 g/mol. The van der Waals surface area contributed by atoms with Gasteiger partial charge < -0.3 is 0 Å². The van der Waals surface area contributed by atoms with Gasteiger partial charge in [0.15, 0.2) is 0 Å². The largest absolute Gasteiger partial charge is 0.299 e. The number of rotatable bonds is 9. The van der Waals surface area contributed by atoms with Gasteiger partial charge in [0.1, 0.15) is 29.0 Å². The summed E-state index contributed by atoms with van der Waals surface area (Å²) in [5.41, 5.74) is -0.469. The molecule has 0 aromatic heterocycles. The van der Waals surface area contributed by atoms with E-state index >= 15 is 0 Å². The van der Waals surface area contributed by atoms with E-state index in [9.17, 15) is 4.79 Å². The third kappa shape index (κ3) is 4.74. The van der Waals surface area contributed by atoms with Crippen molar-refractivity contribution in [3.05, 3.63) is 91.0 Å². The van der Waals surface area contributed by atoms with E-state index in [-0.39, 0.29) is 16.7 Å². The summed E-state index contributed by atoms with van der Waals surface area (Å²) in [6, 6.07) is 32.9. The van der Waals surface area contributed by atoms with Gasteiger partial charge in [0, 0.05) is 16.7 Å². The molecule has 1 unspecified atom stereocenters. The van der Waals surface area contributed by atoms with Gasteiger partial charge in [-0.2, -0.15) is 0 Å². The van der Waals surface area contributed by atoms with Crippen molar-refractivity contribution >= 4 is 29.0 Å². The minimum atomic E-state index is -1.98. The number of carbonyl (C=O) groups excluding carboxylic acids is 1. The molecule has 0 saturated carbocycles. The van der Waals surface area contributed by atoms with Crippen LogP contribution in [0.15, 0.2) is 91.0 Å². The molecule has 0 heterocycles. The molecule has 0 radical (unpaired) electrons. The molecular formula is C30H38OP+. The molecule has 0 amide bonds. The van der Waals surface area contributed by atoms with Crippen LogP contribution in [-0.4, -0.2) is 11.9 Å². The third-order valence-electron chi connectivity index (χ3n) is 7.35. The van der Waals surface area contributed by atoms with Gasteiger partial charge in [0.25, 0.3) is 0 Å². The fourth-order valence-electron chi connectivity index (χ4n) is 4.63. The molecule has 0 bridgehead atoms. The second-order valence-electron chi connectivity index (χ2n) is 10.3. The minimum Gasteiger partial charge on any atom is -0.299 e. The van der Waals surface area contributed by atoms with Crippen molar-refractivity contribution in [1.82, 2.24) is 0 Å². The summed E-state index contributed by atoms with van der Waals surface area (Å²) in [7, 11) is -1.98. The van der Waals surface area contributed by atoms with Gasteiger partial charge in [0.2, 0.25) is 0 Å². The highest BCUT2D eigenvalue weighted by Gasteiger charge is 2.52. The van der Waals surface area contributed by atoms with E-state index < -0.39 is 7.26 Å². The van der Waals surface area contributed by atoms with Crippen LogP contribution in [0.25, 0.3) is 0 Å². The summed E-state index contributed by atoms with van der Waals surface area (Å²) in [6.45, 7) is 13.0. The lowest BCUT2D eigenvalue weighted by atomic mass is 9.70. The van der Waals surface area contributed by atoms with Crippen LogP contribution in [0.1, 0.15) is 48.0 Å². The number of carbonyl (C=O) groups is 1. The Morgan fingerprint density at radius 1 is 0.719 bits per heavy atom. The van der Waals surface area contributed by atoms with Crippen molar-refractivity contribution in [2.45, 2.75) is 48.0 Å². The second-order valence-corrected chi connectivity index (χ2v) is 13.8. The molecule has 3 aromatic rings. The lowest BCUT2D eigenvalue weighted by molar-refractivity contribution is -0.133. The molecule has 0 fully saturated rings. The SMILES string of the molecule is CCC(C)(C)C(=O)C(C)C(C)(C)C[P+](c1ccccc1)(c1ccccc1)c1ccccc1. The summed E-state index contributed by atoms with van der Waals surface area (Å²) in [6.07, 6.45) is 1.81. The van der Waals surface area contributed by atoms with Crippen molar-refractivity contribution < 1.29 is 4.79 Å². The van der Waals surface area contributed by atoms with Gasteiger partial charge in [-0.1, -0.05) is 96.1 Å². The number of benzene rings is 3. The molecular weight excluding hydrogens is 407 g/mol. The molecule has 0 spiro atoms. The van der Waals surface area contributed by atoms with Crippen LogP contribution in [-0.2, 0) is 4.79 Å². The zero-order valence-electron chi connectivity index (χ0n) is 20.5. The van der Waals surface area contributed by atoms with Crippen molar-refractivity contribution in [2.75, 3.05) is 6.16 Å². The Bertz CT molecular complexity index is 910. The molecule has 0 aliphatic heterocycles. The molecule has 3 rings (SSSR count). The highest BCUT2D eigenvalue weighted by Crippen LogP contribution is 2.60. The zero-order chi connectivity index (χ0) is 23.4. The Morgan fingerprint density at radius 2 is 1.06 bits per heavy atom. The molecule has 168 valence electrons. The van der Waals surface area contributed by atoms with Gasteiger partial charge in [-0.05, 0) is 42.8 Å². The first kappa shape index (κ1) is 24.4. The summed E-state index contributed by atoms with van der Waals surface area (Å²) >= 11 is 0. The molecule has 0 saturated heterocycles. The highest BCUT2D eigenvalue weighted by molar-refractivity contribution is 7.95.